The lowest BCUT2D eigenvalue weighted by atomic mass is 9.87. The maximum atomic E-state index is 12.4. The second kappa shape index (κ2) is 7.00. The summed E-state index contributed by atoms with van der Waals surface area (Å²) >= 11 is 0. The van der Waals surface area contributed by atoms with E-state index in [1.807, 2.05) is 38.1 Å². The van der Waals surface area contributed by atoms with Crippen LogP contribution in [-0.2, 0) is 16.1 Å². The molecule has 8 heteroatoms. The molecular weight excluding hydrogens is 322 g/mol. The Kier molecular flexibility index (Phi) is 4.78. The van der Waals surface area contributed by atoms with Crippen molar-refractivity contribution < 1.29 is 14.7 Å². The van der Waals surface area contributed by atoms with Crippen LogP contribution in [0.25, 0.3) is 11.4 Å². The zero-order valence-corrected chi connectivity index (χ0v) is 14.3. The molecular formula is C17H21N5O3. The largest absolute Gasteiger partial charge is 0.481 e. The Hall–Kier alpha value is -2.77. The van der Waals surface area contributed by atoms with Gasteiger partial charge >= 0.3 is 5.97 Å². The molecule has 1 fully saturated rings. The first-order valence-electron chi connectivity index (χ1n) is 8.29. The molecule has 2 unspecified atom stereocenters. The van der Waals surface area contributed by atoms with E-state index in [2.05, 4.69) is 15.4 Å². The van der Waals surface area contributed by atoms with E-state index in [4.69, 9.17) is 5.11 Å². The van der Waals surface area contributed by atoms with Crippen LogP contribution in [0.15, 0.2) is 24.3 Å². The Morgan fingerprint density at radius 1 is 1.28 bits per heavy atom. The van der Waals surface area contributed by atoms with Gasteiger partial charge in [-0.05, 0) is 24.5 Å². The molecule has 1 amide bonds. The second-order valence-electron chi connectivity index (χ2n) is 6.56. The van der Waals surface area contributed by atoms with E-state index in [-0.39, 0.29) is 24.3 Å². The minimum absolute atomic E-state index is 0.00329. The molecule has 3 rings (SSSR count). The van der Waals surface area contributed by atoms with Crippen molar-refractivity contribution in [3.05, 3.63) is 29.8 Å². The van der Waals surface area contributed by atoms with Crippen LogP contribution in [0.1, 0.15) is 18.9 Å². The van der Waals surface area contributed by atoms with Crippen molar-refractivity contribution in [1.82, 2.24) is 25.1 Å². The maximum absolute atomic E-state index is 12.4. The molecule has 0 spiro atoms. The lowest BCUT2D eigenvalue weighted by Crippen LogP contribution is -2.46. The molecule has 25 heavy (non-hydrogen) atoms. The van der Waals surface area contributed by atoms with Crippen LogP contribution in [-0.4, -0.2) is 55.2 Å². The van der Waals surface area contributed by atoms with Crippen molar-refractivity contribution >= 4 is 11.9 Å². The molecule has 1 aliphatic heterocycles. The number of piperidine rings is 1. The second-order valence-corrected chi connectivity index (χ2v) is 6.56. The fourth-order valence-corrected chi connectivity index (χ4v) is 3.09. The SMILES string of the molecule is Cc1ccc(-c2nnn(CC(=O)N3CCC(C(=O)O)C(C)C3)n2)cc1. The summed E-state index contributed by atoms with van der Waals surface area (Å²) < 4.78 is 0. The van der Waals surface area contributed by atoms with Crippen molar-refractivity contribution in [3.8, 4) is 11.4 Å². The number of benzene rings is 1. The molecule has 132 valence electrons. The van der Waals surface area contributed by atoms with Crippen LogP contribution >= 0.6 is 0 Å². The third-order valence-corrected chi connectivity index (χ3v) is 4.61. The average Bonchev–Trinajstić information content (AvgIpc) is 3.03. The molecule has 0 bridgehead atoms. The van der Waals surface area contributed by atoms with Crippen LogP contribution in [0.5, 0.6) is 0 Å². The Morgan fingerprint density at radius 3 is 2.64 bits per heavy atom. The minimum atomic E-state index is -0.791. The molecule has 2 heterocycles. The molecule has 0 aliphatic carbocycles. The number of carboxylic acids is 1. The number of hydrogen-bond acceptors (Lipinski definition) is 5. The number of aliphatic carboxylic acids is 1. The van der Waals surface area contributed by atoms with Crippen molar-refractivity contribution in [1.29, 1.82) is 0 Å². The molecule has 2 atom stereocenters. The molecule has 2 aromatic rings. The number of rotatable bonds is 4. The van der Waals surface area contributed by atoms with Crippen molar-refractivity contribution in [2.75, 3.05) is 13.1 Å². The van der Waals surface area contributed by atoms with E-state index in [0.717, 1.165) is 11.1 Å². The van der Waals surface area contributed by atoms with E-state index >= 15 is 0 Å². The molecule has 1 aliphatic rings. The summed E-state index contributed by atoms with van der Waals surface area (Å²) in [6.07, 6.45) is 0.474. The predicted octanol–water partition coefficient (Wildman–Crippen LogP) is 1.22. The molecule has 1 aromatic heterocycles. The van der Waals surface area contributed by atoms with Crippen molar-refractivity contribution in [2.24, 2.45) is 11.8 Å². The number of carboxylic acid groups (broad SMARTS) is 1. The van der Waals surface area contributed by atoms with Gasteiger partial charge in [-0.3, -0.25) is 9.59 Å². The van der Waals surface area contributed by atoms with Gasteiger partial charge in [-0.1, -0.05) is 36.8 Å². The summed E-state index contributed by atoms with van der Waals surface area (Å²) in [5.74, 6) is -0.890. The van der Waals surface area contributed by atoms with Gasteiger partial charge in [-0.15, -0.1) is 10.2 Å². The van der Waals surface area contributed by atoms with Gasteiger partial charge in [0.2, 0.25) is 11.7 Å². The summed E-state index contributed by atoms with van der Waals surface area (Å²) in [7, 11) is 0. The quantitative estimate of drug-likeness (QED) is 0.895. The number of hydrogen-bond donors (Lipinski definition) is 1. The molecule has 1 N–H and O–H groups in total. The summed E-state index contributed by atoms with van der Waals surface area (Å²) in [6.45, 7) is 4.75. The third-order valence-electron chi connectivity index (χ3n) is 4.61. The third kappa shape index (κ3) is 3.84. The highest BCUT2D eigenvalue weighted by Gasteiger charge is 2.33. The highest BCUT2D eigenvalue weighted by molar-refractivity contribution is 5.77. The maximum Gasteiger partial charge on any atom is 0.306 e. The molecule has 0 saturated carbocycles. The average molecular weight is 343 g/mol. The zero-order chi connectivity index (χ0) is 18.0. The fourth-order valence-electron chi connectivity index (χ4n) is 3.09. The van der Waals surface area contributed by atoms with Crippen molar-refractivity contribution in [3.63, 3.8) is 0 Å². The smallest absolute Gasteiger partial charge is 0.306 e. The highest BCUT2D eigenvalue weighted by atomic mass is 16.4. The summed E-state index contributed by atoms with van der Waals surface area (Å²) in [5.41, 5.74) is 1.99. The van der Waals surface area contributed by atoms with Crippen LogP contribution in [0.4, 0.5) is 0 Å². The van der Waals surface area contributed by atoms with Gasteiger partial charge in [-0.2, -0.15) is 4.80 Å². The normalized spacial score (nSPS) is 20.5. The first-order valence-corrected chi connectivity index (χ1v) is 8.29. The van der Waals surface area contributed by atoms with Gasteiger partial charge in [0, 0.05) is 18.7 Å². The number of carbonyl (C=O) groups is 2. The fraction of sp³-hybridized carbons (Fsp3) is 0.471. The highest BCUT2D eigenvalue weighted by Crippen LogP contribution is 2.23. The monoisotopic (exact) mass is 343 g/mol. The zero-order valence-electron chi connectivity index (χ0n) is 14.3. The number of carbonyl (C=O) groups excluding carboxylic acids is 1. The number of likely N-dealkylation sites (tertiary alicyclic amines) is 1. The van der Waals surface area contributed by atoms with Gasteiger partial charge < -0.3 is 10.0 Å². The lowest BCUT2D eigenvalue weighted by molar-refractivity contribution is -0.148. The van der Waals surface area contributed by atoms with E-state index in [9.17, 15) is 9.59 Å². The van der Waals surface area contributed by atoms with Crippen LogP contribution < -0.4 is 0 Å². The minimum Gasteiger partial charge on any atom is -0.481 e. The summed E-state index contributed by atoms with van der Waals surface area (Å²) in [6, 6.07) is 7.76. The van der Waals surface area contributed by atoms with Crippen LogP contribution in [0.3, 0.4) is 0 Å². The van der Waals surface area contributed by atoms with E-state index in [1.165, 1.54) is 4.80 Å². The predicted molar refractivity (Wildman–Crippen MR) is 89.5 cm³/mol. The first-order chi connectivity index (χ1) is 11.9. The van der Waals surface area contributed by atoms with Gasteiger partial charge in [0.1, 0.15) is 6.54 Å². The molecule has 1 aromatic carbocycles. The lowest BCUT2D eigenvalue weighted by Gasteiger charge is -2.34. The topological polar surface area (TPSA) is 101 Å². The van der Waals surface area contributed by atoms with E-state index < -0.39 is 5.97 Å². The first kappa shape index (κ1) is 17.1. The van der Waals surface area contributed by atoms with Gasteiger partial charge in [0.25, 0.3) is 0 Å². The number of nitrogens with zero attached hydrogens (tertiary/aromatic N) is 5. The summed E-state index contributed by atoms with van der Waals surface area (Å²) in [4.78, 5) is 26.5. The van der Waals surface area contributed by atoms with Crippen LogP contribution in [0.2, 0.25) is 0 Å². The number of tetrazole rings is 1. The van der Waals surface area contributed by atoms with Gasteiger partial charge in [-0.25, -0.2) is 0 Å². The summed E-state index contributed by atoms with van der Waals surface area (Å²) in [5, 5.41) is 21.4. The number of amides is 1. The number of aromatic nitrogens is 4. The van der Waals surface area contributed by atoms with E-state index in [1.54, 1.807) is 4.90 Å². The Bertz CT molecular complexity index is 771. The molecule has 8 nitrogen and oxygen atoms in total. The Balaban J connectivity index is 1.62. The van der Waals surface area contributed by atoms with Gasteiger partial charge in [0.15, 0.2) is 0 Å². The number of aryl methyl sites for hydroxylation is 1. The Labute approximate surface area is 145 Å². The molecule has 0 radical (unpaired) electrons. The Morgan fingerprint density at radius 2 is 2.00 bits per heavy atom. The van der Waals surface area contributed by atoms with Crippen LogP contribution in [0, 0.1) is 18.8 Å². The standard InChI is InChI=1S/C17H21N5O3/c1-11-3-5-13(6-4-11)16-18-20-22(19-16)10-15(23)21-8-7-14(17(24)25)12(2)9-21/h3-6,12,14H,7-10H2,1-2H3,(H,24,25). The molecule has 1 saturated heterocycles. The van der Waals surface area contributed by atoms with Gasteiger partial charge in [0.05, 0.1) is 5.92 Å². The van der Waals surface area contributed by atoms with E-state index in [0.29, 0.717) is 25.3 Å². The van der Waals surface area contributed by atoms with Crippen molar-refractivity contribution in [2.45, 2.75) is 26.8 Å².